The van der Waals surface area contributed by atoms with Crippen LogP contribution < -0.4 is 0 Å². The molecule has 2 rings (SSSR count). The van der Waals surface area contributed by atoms with Crippen molar-refractivity contribution in [2.45, 2.75) is 4.90 Å². The fourth-order valence-electron chi connectivity index (χ4n) is 1.47. The van der Waals surface area contributed by atoms with Crippen molar-refractivity contribution in [3.05, 3.63) is 35.1 Å². The second-order valence-corrected chi connectivity index (χ2v) is 5.05. The van der Waals surface area contributed by atoms with Gasteiger partial charge in [-0.1, -0.05) is 6.07 Å². The summed E-state index contributed by atoms with van der Waals surface area (Å²) >= 11 is 2.66. The summed E-state index contributed by atoms with van der Waals surface area (Å²) < 4.78 is 18.4. The number of benzene rings is 1. The summed E-state index contributed by atoms with van der Waals surface area (Å²) in [6.45, 7) is 0. The van der Waals surface area contributed by atoms with Gasteiger partial charge in [0.25, 0.3) is 0 Å². The number of aromatic nitrogens is 1. The summed E-state index contributed by atoms with van der Waals surface area (Å²) in [7, 11) is 1.29. The third-order valence-corrected chi connectivity index (χ3v) is 3.95. The number of carbonyl (C=O) groups is 1. The number of rotatable bonds is 3. The number of thioether (sulfide) groups is 1. The molecule has 0 amide bonds. The molecule has 1 aromatic carbocycles. The summed E-state index contributed by atoms with van der Waals surface area (Å²) in [4.78, 5) is 16.2. The van der Waals surface area contributed by atoms with E-state index < -0.39 is 5.97 Å². The largest absolute Gasteiger partial charge is 0.464 e. The standard InChI is InChI=1S/C12H10FNO2S2/c1-16-12(15)8-6-18-11(14-8)10-7(13)4-3-5-9(10)17-2/h3-6H,1-2H3. The van der Waals surface area contributed by atoms with E-state index in [0.717, 1.165) is 4.90 Å². The molecule has 0 aliphatic carbocycles. The normalized spacial score (nSPS) is 10.4. The number of hydrogen-bond donors (Lipinski definition) is 0. The van der Waals surface area contributed by atoms with Gasteiger partial charge in [0.05, 0.1) is 12.7 Å². The van der Waals surface area contributed by atoms with Crippen LogP contribution in [0, 0.1) is 5.82 Å². The van der Waals surface area contributed by atoms with Crippen LogP contribution >= 0.6 is 23.1 Å². The van der Waals surface area contributed by atoms with Crippen molar-refractivity contribution < 1.29 is 13.9 Å². The molecule has 0 unspecified atom stereocenters. The zero-order chi connectivity index (χ0) is 13.1. The van der Waals surface area contributed by atoms with Gasteiger partial charge in [-0.2, -0.15) is 0 Å². The molecule has 1 heterocycles. The maximum atomic E-state index is 13.9. The molecule has 6 heteroatoms. The number of carbonyl (C=O) groups excluding carboxylic acids is 1. The molecule has 2 aromatic rings. The van der Waals surface area contributed by atoms with Gasteiger partial charge in [0.15, 0.2) is 5.69 Å². The molecule has 0 saturated carbocycles. The molecule has 0 bridgehead atoms. The van der Waals surface area contributed by atoms with Crippen molar-refractivity contribution in [3.63, 3.8) is 0 Å². The Hall–Kier alpha value is -1.40. The Kier molecular flexibility index (Phi) is 3.98. The Morgan fingerprint density at radius 3 is 2.94 bits per heavy atom. The number of nitrogens with zero attached hydrogens (tertiary/aromatic N) is 1. The fourth-order valence-corrected chi connectivity index (χ4v) is 2.99. The van der Waals surface area contributed by atoms with Crippen LogP contribution in [0.3, 0.4) is 0 Å². The van der Waals surface area contributed by atoms with Crippen LogP contribution in [0.1, 0.15) is 10.5 Å². The van der Waals surface area contributed by atoms with Gasteiger partial charge in [-0.25, -0.2) is 14.2 Å². The maximum absolute atomic E-state index is 13.9. The lowest BCUT2D eigenvalue weighted by Crippen LogP contribution is -2.01. The van der Waals surface area contributed by atoms with Crippen LogP contribution in [-0.2, 0) is 4.74 Å². The fraction of sp³-hybridized carbons (Fsp3) is 0.167. The molecule has 0 atom stereocenters. The highest BCUT2D eigenvalue weighted by atomic mass is 32.2. The third-order valence-electron chi connectivity index (χ3n) is 2.31. The second-order valence-electron chi connectivity index (χ2n) is 3.35. The topological polar surface area (TPSA) is 39.2 Å². The average molecular weight is 283 g/mol. The van der Waals surface area contributed by atoms with E-state index in [1.807, 2.05) is 12.3 Å². The molecule has 0 saturated heterocycles. The van der Waals surface area contributed by atoms with Gasteiger partial charge in [0.1, 0.15) is 10.8 Å². The van der Waals surface area contributed by atoms with Gasteiger partial charge in [0.2, 0.25) is 0 Å². The Morgan fingerprint density at radius 2 is 2.28 bits per heavy atom. The highest BCUT2D eigenvalue weighted by Crippen LogP contribution is 2.34. The minimum atomic E-state index is -0.514. The smallest absolute Gasteiger partial charge is 0.357 e. The lowest BCUT2D eigenvalue weighted by Gasteiger charge is -2.04. The third kappa shape index (κ3) is 2.39. The van der Waals surface area contributed by atoms with Crippen molar-refractivity contribution in [2.24, 2.45) is 0 Å². The quantitative estimate of drug-likeness (QED) is 0.639. The molecule has 0 aliphatic rings. The molecule has 3 nitrogen and oxygen atoms in total. The molecule has 0 spiro atoms. The van der Waals surface area contributed by atoms with Gasteiger partial charge >= 0.3 is 5.97 Å². The molecule has 1 aromatic heterocycles. The predicted molar refractivity (Wildman–Crippen MR) is 70.6 cm³/mol. The van der Waals surface area contributed by atoms with Crippen LogP contribution in [0.5, 0.6) is 0 Å². The SMILES string of the molecule is COC(=O)c1csc(-c2c(F)cccc2SC)n1. The predicted octanol–water partition coefficient (Wildman–Crippen LogP) is 3.46. The van der Waals surface area contributed by atoms with E-state index in [9.17, 15) is 9.18 Å². The molecule has 0 fully saturated rings. The number of ether oxygens (including phenoxy) is 1. The number of thiazole rings is 1. The van der Waals surface area contributed by atoms with Crippen molar-refractivity contribution in [2.75, 3.05) is 13.4 Å². The van der Waals surface area contributed by atoms with E-state index in [0.29, 0.717) is 10.6 Å². The van der Waals surface area contributed by atoms with Crippen LogP contribution in [0.15, 0.2) is 28.5 Å². The Bertz CT molecular complexity index is 583. The highest BCUT2D eigenvalue weighted by molar-refractivity contribution is 7.98. The molecule has 94 valence electrons. The minimum absolute atomic E-state index is 0.202. The van der Waals surface area contributed by atoms with Crippen molar-refractivity contribution in [3.8, 4) is 10.6 Å². The number of esters is 1. The van der Waals surface area contributed by atoms with Gasteiger partial charge in [-0.15, -0.1) is 23.1 Å². The molecule has 18 heavy (non-hydrogen) atoms. The average Bonchev–Trinajstić information content (AvgIpc) is 2.86. The number of hydrogen-bond acceptors (Lipinski definition) is 5. The Labute approximate surface area is 112 Å². The first-order valence-corrected chi connectivity index (χ1v) is 7.14. The first-order chi connectivity index (χ1) is 8.67. The van der Waals surface area contributed by atoms with E-state index in [2.05, 4.69) is 9.72 Å². The van der Waals surface area contributed by atoms with Crippen molar-refractivity contribution in [1.29, 1.82) is 0 Å². The number of methoxy groups -OCH3 is 1. The first kappa shape index (κ1) is 13.0. The van der Waals surface area contributed by atoms with Crippen LogP contribution in [-0.4, -0.2) is 24.3 Å². The zero-order valence-corrected chi connectivity index (χ0v) is 11.4. The van der Waals surface area contributed by atoms with Gasteiger partial charge < -0.3 is 4.74 Å². The molecular formula is C12H10FNO2S2. The van der Waals surface area contributed by atoms with Crippen molar-refractivity contribution >= 4 is 29.1 Å². The summed E-state index contributed by atoms with van der Waals surface area (Å²) in [6.07, 6.45) is 1.87. The molecule has 0 N–H and O–H groups in total. The monoisotopic (exact) mass is 283 g/mol. The van der Waals surface area contributed by atoms with Crippen LogP contribution in [0.2, 0.25) is 0 Å². The maximum Gasteiger partial charge on any atom is 0.357 e. The Balaban J connectivity index is 2.49. The molecule has 0 radical (unpaired) electrons. The summed E-state index contributed by atoms with van der Waals surface area (Å²) in [5.74, 6) is -0.854. The summed E-state index contributed by atoms with van der Waals surface area (Å²) in [5, 5.41) is 2.05. The van der Waals surface area contributed by atoms with E-state index in [4.69, 9.17) is 0 Å². The van der Waals surface area contributed by atoms with Crippen LogP contribution in [0.25, 0.3) is 10.6 Å². The molecule has 0 aliphatic heterocycles. The van der Waals surface area contributed by atoms with Gasteiger partial charge in [-0.3, -0.25) is 0 Å². The summed E-state index contributed by atoms with van der Waals surface area (Å²) in [5.41, 5.74) is 0.637. The number of halogens is 1. The minimum Gasteiger partial charge on any atom is -0.464 e. The van der Waals surface area contributed by atoms with E-state index >= 15 is 0 Å². The lowest BCUT2D eigenvalue weighted by atomic mass is 10.2. The van der Waals surface area contributed by atoms with E-state index in [-0.39, 0.29) is 11.5 Å². The lowest BCUT2D eigenvalue weighted by molar-refractivity contribution is 0.0595. The van der Waals surface area contributed by atoms with Crippen molar-refractivity contribution in [1.82, 2.24) is 4.98 Å². The van der Waals surface area contributed by atoms with E-state index in [1.165, 1.54) is 36.3 Å². The van der Waals surface area contributed by atoms with E-state index in [1.54, 1.807) is 11.4 Å². The van der Waals surface area contributed by atoms with Gasteiger partial charge in [-0.05, 0) is 18.4 Å². The first-order valence-electron chi connectivity index (χ1n) is 5.04. The van der Waals surface area contributed by atoms with Crippen LogP contribution in [0.4, 0.5) is 4.39 Å². The summed E-state index contributed by atoms with van der Waals surface area (Å²) in [6, 6.07) is 4.86. The molecular weight excluding hydrogens is 273 g/mol. The highest BCUT2D eigenvalue weighted by Gasteiger charge is 2.17. The zero-order valence-electron chi connectivity index (χ0n) is 9.77. The second kappa shape index (κ2) is 5.49. The Morgan fingerprint density at radius 1 is 1.50 bits per heavy atom. The van der Waals surface area contributed by atoms with Gasteiger partial charge in [0, 0.05) is 10.3 Å².